The molecule has 28 heavy (non-hydrogen) atoms. The number of benzene rings is 2. The Hall–Kier alpha value is -2.23. The van der Waals surface area contributed by atoms with E-state index in [2.05, 4.69) is 5.32 Å². The molecule has 2 aromatic rings. The van der Waals surface area contributed by atoms with Gasteiger partial charge in [0.2, 0.25) is 10.0 Å². The fourth-order valence-corrected chi connectivity index (χ4v) is 4.28. The van der Waals surface area contributed by atoms with Crippen LogP contribution in [0.25, 0.3) is 0 Å². The van der Waals surface area contributed by atoms with Crippen LogP contribution in [0.2, 0.25) is 5.02 Å². The molecule has 0 radical (unpaired) electrons. The number of hydrogen-bond donors (Lipinski definition) is 1. The van der Waals surface area contributed by atoms with Gasteiger partial charge in [0, 0.05) is 24.2 Å². The number of nitrogens with zero attached hydrogens (tertiary/aromatic N) is 1. The van der Waals surface area contributed by atoms with Gasteiger partial charge < -0.3 is 10.1 Å². The van der Waals surface area contributed by atoms with Crippen LogP contribution in [0.5, 0.6) is 5.75 Å². The van der Waals surface area contributed by atoms with Crippen molar-refractivity contribution in [1.29, 1.82) is 0 Å². The molecule has 1 N–H and O–H groups in total. The summed E-state index contributed by atoms with van der Waals surface area (Å²) in [6.45, 7) is 3.24. The molecule has 10 heteroatoms. The summed E-state index contributed by atoms with van der Waals surface area (Å²) in [6.07, 6.45) is 0. The number of nitrogens with one attached hydrogen (secondary N) is 1. The molecule has 2 rings (SSSR count). The molecule has 6 nitrogen and oxygen atoms in total. The molecule has 1 amide bonds. The van der Waals surface area contributed by atoms with Crippen molar-refractivity contribution < 1.29 is 26.7 Å². The van der Waals surface area contributed by atoms with Crippen molar-refractivity contribution >= 4 is 33.2 Å². The first-order valence-electron chi connectivity index (χ1n) is 8.36. The van der Waals surface area contributed by atoms with Crippen LogP contribution in [-0.4, -0.2) is 38.3 Å². The van der Waals surface area contributed by atoms with Gasteiger partial charge >= 0.3 is 0 Å². The van der Waals surface area contributed by atoms with E-state index in [-0.39, 0.29) is 34.4 Å². The van der Waals surface area contributed by atoms with Crippen molar-refractivity contribution in [3.63, 3.8) is 0 Å². The minimum atomic E-state index is -3.89. The quantitative estimate of drug-likeness (QED) is 0.690. The van der Waals surface area contributed by atoms with Gasteiger partial charge in [-0.15, -0.1) is 0 Å². The molecule has 0 unspecified atom stereocenters. The first kappa shape index (κ1) is 22.1. The Morgan fingerprint density at radius 1 is 1.14 bits per heavy atom. The summed E-state index contributed by atoms with van der Waals surface area (Å²) in [7, 11) is -3.89. The highest BCUT2D eigenvalue weighted by atomic mass is 35.5. The van der Waals surface area contributed by atoms with Crippen molar-refractivity contribution in [2.45, 2.75) is 18.7 Å². The number of carbonyl (C=O) groups excluding carboxylic acids is 1. The molecule has 0 aliphatic carbocycles. The Balaban J connectivity index is 2.20. The summed E-state index contributed by atoms with van der Waals surface area (Å²) < 4.78 is 58.9. The van der Waals surface area contributed by atoms with Gasteiger partial charge in [-0.3, -0.25) is 4.79 Å². The van der Waals surface area contributed by atoms with Gasteiger partial charge in [0.05, 0.1) is 5.69 Å². The summed E-state index contributed by atoms with van der Waals surface area (Å²) in [6, 6.07) is 6.59. The van der Waals surface area contributed by atoms with Crippen LogP contribution >= 0.6 is 11.6 Å². The fourth-order valence-electron chi connectivity index (χ4n) is 2.43. The maximum Gasteiger partial charge on any atom is 0.262 e. The fraction of sp³-hybridized carbons (Fsp3) is 0.278. The van der Waals surface area contributed by atoms with Gasteiger partial charge in [-0.1, -0.05) is 25.4 Å². The van der Waals surface area contributed by atoms with Crippen LogP contribution < -0.4 is 10.1 Å². The number of hydrogen-bond acceptors (Lipinski definition) is 4. The number of anilines is 1. The van der Waals surface area contributed by atoms with Gasteiger partial charge in [-0.25, -0.2) is 17.2 Å². The van der Waals surface area contributed by atoms with Gasteiger partial charge in [0.1, 0.15) is 22.3 Å². The summed E-state index contributed by atoms with van der Waals surface area (Å²) >= 11 is 5.92. The van der Waals surface area contributed by atoms with Gasteiger partial charge in [0.15, 0.2) is 6.61 Å². The largest absolute Gasteiger partial charge is 0.482 e. The number of amides is 1. The van der Waals surface area contributed by atoms with E-state index in [1.807, 2.05) is 0 Å². The van der Waals surface area contributed by atoms with Crippen molar-refractivity contribution in [3.05, 3.63) is 53.1 Å². The summed E-state index contributed by atoms with van der Waals surface area (Å²) in [5.41, 5.74) is -0.347. The van der Waals surface area contributed by atoms with E-state index in [1.54, 1.807) is 13.8 Å². The van der Waals surface area contributed by atoms with E-state index in [4.69, 9.17) is 16.3 Å². The molecule has 0 atom stereocenters. The van der Waals surface area contributed by atoms with Gasteiger partial charge in [0.25, 0.3) is 5.91 Å². The number of halogens is 3. The summed E-state index contributed by atoms with van der Waals surface area (Å²) in [5, 5.41) is 2.36. The molecule has 0 bridgehead atoms. The lowest BCUT2D eigenvalue weighted by Crippen LogP contribution is -2.31. The predicted molar refractivity (Wildman–Crippen MR) is 102 cm³/mol. The maximum atomic E-state index is 13.6. The molecule has 2 aromatic carbocycles. The topological polar surface area (TPSA) is 75.7 Å². The second-order valence-corrected chi connectivity index (χ2v) is 7.98. The Morgan fingerprint density at radius 2 is 1.82 bits per heavy atom. The third kappa shape index (κ3) is 5.18. The smallest absolute Gasteiger partial charge is 0.262 e. The Kier molecular flexibility index (Phi) is 7.34. The number of carbonyl (C=O) groups is 1. The lowest BCUT2D eigenvalue weighted by atomic mass is 10.3. The van der Waals surface area contributed by atoms with E-state index < -0.39 is 34.2 Å². The van der Waals surface area contributed by atoms with Crippen molar-refractivity contribution in [1.82, 2.24) is 4.31 Å². The number of sulfonamides is 1. The Bertz CT molecular complexity index is 966. The monoisotopic (exact) mass is 432 g/mol. The van der Waals surface area contributed by atoms with Crippen LogP contribution in [0.3, 0.4) is 0 Å². The van der Waals surface area contributed by atoms with E-state index in [1.165, 1.54) is 22.5 Å². The highest BCUT2D eigenvalue weighted by molar-refractivity contribution is 7.89. The summed E-state index contributed by atoms with van der Waals surface area (Å²) in [4.78, 5) is 11.8. The molecule has 0 saturated carbocycles. The van der Waals surface area contributed by atoms with Crippen LogP contribution in [0, 0.1) is 11.6 Å². The molecule has 0 saturated heterocycles. The third-order valence-corrected chi connectivity index (χ3v) is 6.10. The highest BCUT2D eigenvalue weighted by Gasteiger charge is 2.26. The first-order valence-corrected chi connectivity index (χ1v) is 10.2. The Morgan fingerprint density at radius 3 is 2.46 bits per heavy atom. The molecule has 0 aliphatic rings. The highest BCUT2D eigenvalue weighted by Crippen LogP contribution is 2.30. The van der Waals surface area contributed by atoms with E-state index in [0.29, 0.717) is 0 Å². The second kappa shape index (κ2) is 9.31. The second-order valence-electron chi connectivity index (χ2n) is 5.64. The van der Waals surface area contributed by atoms with Gasteiger partial charge in [-0.2, -0.15) is 4.31 Å². The maximum absolute atomic E-state index is 13.6. The first-order chi connectivity index (χ1) is 13.2. The van der Waals surface area contributed by atoms with E-state index in [9.17, 15) is 22.0 Å². The van der Waals surface area contributed by atoms with E-state index >= 15 is 0 Å². The molecule has 0 heterocycles. The number of ether oxygens (including phenoxy) is 1. The molecular weight excluding hydrogens is 414 g/mol. The minimum absolute atomic E-state index is 0.0776. The zero-order valence-corrected chi connectivity index (χ0v) is 16.8. The summed E-state index contributed by atoms with van der Waals surface area (Å²) in [5.74, 6) is -2.40. The average molecular weight is 433 g/mol. The molecule has 0 spiro atoms. The molecule has 152 valence electrons. The van der Waals surface area contributed by atoms with Crippen molar-refractivity contribution in [2.75, 3.05) is 25.0 Å². The zero-order chi connectivity index (χ0) is 20.9. The lowest BCUT2D eigenvalue weighted by Gasteiger charge is -2.20. The Labute approximate surface area is 167 Å². The van der Waals surface area contributed by atoms with Crippen LogP contribution in [0.4, 0.5) is 14.5 Å². The van der Waals surface area contributed by atoms with Crippen molar-refractivity contribution in [2.24, 2.45) is 0 Å². The third-order valence-electron chi connectivity index (χ3n) is 3.79. The predicted octanol–water partition coefficient (Wildman–Crippen LogP) is 3.67. The molecule has 0 fully saturated rings. The van der Waals surface area contributed by atoms with Crippen molar-refractivity contribution in [3.8, 4) is 5.75 Å². The molecule has 0 aliphatic heterocycles. The van der Waals surface area contributed by atoms with E-state index in [0.717, 1.165) is 18.2 Å². The minimum Gasteiger partial charge on any atom is -0.482 e. The molecule has 0 aromatic heterocycles. The normalized spacial score (nSPS) is 11.5. The zero-order valence-electron chi connectivity index (χ0n) is 15.2. The molecular formula is C18H19ClF2N2O4S. The lowest BCUT2D eigenvalue weighted by molar-refractivity contribution is -0.118. The number of rotatable bonds is 8. The van der Waals surface area contributed by atoms with Crippen LogP contribution in [0.15, 0.2) is 41.3 Å². The SMILES string of the molecule is CCN(CC)S(=O)(=O)c1cc(Cl)ccc1OCC(=O)Nc1cc(F)ccc1F. The van der Waals surface area contributed by atoms with Gasteiger partial charge in [-0.05, 0) is 30.3 Å². The van der Waals surface area contributed by atoms with Crippen LogP contribution in [0.1, 0.15) is 13.8 Å². The van der Waals surface area contributed by atoms with Crippen LogP contribution in [-0.2, 0) is 14.8 Å². The standard InChI is InChI=1S/C18H19ClF2N2O4S/c1-3-23(4-2)28(25,26)17-9-12(19)5-8-16(17)27-11-18(24)22-15-10-13(20)6-7-14(15)21/h5-10H,3-4,11H2,1-2H3,(H,22,24). The average Bonchev–Trinajstić information content (AvgIpc) is 2.64.